The van der Waals surface area contributed by atoms with Gasteiger partial charge in [-0.25, -0.2) is 8.42 Å². The van der Waals surface area contributed by atoms with Gasteiger partial charge in [-0.2, -0.15) is 4.31 Å². The smallest absolute Gasteiger partial charge is 0.243 e. The van der Waals surface area contributed by atoms with E-state index < -0.39 is 10.0 Å². The van der Waals surface area contributed by atoms with Gasteiger partial charge in [0.25, 0.3) is 0 Å². The van der Waals surface area contributed by atoms with Crippen LogP contribution in [0, 0.1) is 5.92 Å². The summed E-state index contributed by atoms with van der Waals surface area (Å²) in [7, 11) is -3.72. The van der Waals surface area contributed by atoms with E-state index in [2.05, 4.69) is 10.6 Å². The van der Waals surface area contributed by atoms with E-state index in [1.165, 1.54) is 23.4 Å². The molecule has 2 fully saturated rings. The van der Waals surface area contributed by atoms with E-state index >= 15 is 0 Å². The quantitative estimate of drug-likeness (QED) is 0.560. The van der Waals surface area contributed by atoms with Crippen LogP contribution < -0.4 is 15.5 Å². The number of anilines is 1. The summed E-state index contributed by atoms with van der Waals surface area (Å²) in [6.45, 7) is 4.02. The van der Waals surface area contributed by atoms with E-state index in [-0.39, 0.29) is 41.5 Å². The van der Waals surface area contributed by atoms with Crippen molar-refractivity contribution in [2.24, 2.45) is 5.92 Å². The highest BCUT2D eigenvalue weighted by atomic mass is 32.2. The first-order valence-electron chi connectivity index (χ1n) is 11.7. The average Bonchev–Trinajstić information content (AvgIpc) is 2.87. The molecule has 0 bridgehead atoms. The Bertz CT molecular complexity index is 1200. The average molecular weight is 499 g/mol. The Morgan fingerprint density at radius 3 is 2.43 bits per heavy atom. The van der Waals surface area contributed by atoms with E-state index in [4.69, 9.17) is 0 Å². The van der Waals surface area contributed by atoms with Crippen molar-refractivity contribution in [3.8, 4) is 0 Å². The SMILES string of the molecule is CC(=O)c1cccc(S(=O)(=O)N2CCC(C(=O)NCc3ccc(N4CCNC(=O)C4)cc3)CC2)c1. The van der Waals surface area contributed by atoms with Crippen molar-refractivity contribution in [1.29, 1.82) is 0 Å². The van der Waals surface area contributed by atoms with Crippen molar-refractivity contribution >= 4 is 33.3 Å². The summed E-state index contributed by atoms with van der Waals surface area (Å²) in [5, 5.41) is 5.76. The first kappa shape index (κ1) is 24.9. The highest BCUT2D eigenvalue weighted by Crippen LogP contribution is 2.25. The number of ketones is 1. The first-order valence-corrected chi connectivity index (χ1v) is 13.2. The normalized spacial score (nSPS) is 17.6. The number of benzene rings is 2. The number of amides is 2. The molecule has 2 aliphatic rings. The maximum absolute atomic E-state index is 13.0. The number of hydrogen-bond donors (Lipinski definition) is 2. The molecule has 0 saturated carbocycles. The molecule has 0 aromatic heterocycles. The van der Waals surface area contributed by atoms with Gasteiger partial charge in [0.05, 0.1) is 11.4 Å². The predicted octanol–water partition coefficient (Wildman–Crippen LogP) is 1.54. The molecule has 0 radical (unpaired) electrons. The zero-order valence-electron chi connectivity index (χ0n) is 19.7. The van der Waals surface area contributed by atoms with E-state index in [1.807, 2.05) is 29.2 Å². The van der Waals surface area contributed by atoms with Gasteiger partial charge in [-0.05, 0) is 49.6 Å². The third-order valence-electron chi connectivity index (χ3n) is 6.51. The third-order valence-corrected chi connectivity index (χ3v) is 8.40. The number of carbonyl (C=O) groups is 3. The molecule has 2 N–H and O–H groups in total. The van der Waals surface area contributed by atoms with Crippen molar-refractivity contribution in [2.45, 2.75) is 31.2 Å². The number of rotatable bonds is 7. The van der Waals surface area contributed by atoms with Crippen LogP contribution in [0.5, 0.6) is 0 Å². The number of sulfonamides is 1. The standard InChI is InChI=1S/C25H30N4O5S/c1-18(30)21-3-2-4-23(15-21)35(33,34)29-12-9-20(10-13-29)25(32)27-16-19-5-7-22(8-6-19)28-14-11-26-24(31)17-28/h2-8,15,20H,9-14,16-17H2,1H3,(H,26,31)(H,27,32). The van der Waals surface area contributed by atoms with Gasteiger partial charge in [0.2, 0.25) is 21.8 Å². The van der Waals surface area contributed by atoms with E-state index in [9.17, 15) is 22.8 Å². The molecule has 10 heteroatoms. The van der Waals surface area contributed by atoms with Gasteiger partial charge in [0, 0.05) is 49.9 Å². The fourth-order valence-corrected chi connectivity index (χ4v) is 5.92. The van der Waals surface area contributed by atoms with Crippen LogP contribution in [0.2, 0.25) is 0 Å². The van der Waals surface area contributed by atoms with Gasteiger partial charge in [0.15, 0.2) is 5.78 Å². The number of piperidine rings is 1. The zero-order valence-corrected chi connectivity index (χ0v) is 20.5. The minimum atomic E-state index is -3.72. The third kappa shape index (κ3) is 5.88. The summed E-state index contributed by atoms with van der Waals surface area (Å²) in [6.07, 6.45) is 0.876. The van der Waals surface area contributed by atoms with Crippen LogP contribution in [0.4, 0.5) is 5.69 Å². The molecule has 2 amide bonds. The summed E-state index contributed by atoms with van der Waals surface area (Å²) in [4.78, 5) is 38.0. The molecule has 35 heavy (non-hydrogen) atoms. The molecule has 2 heterocycles. The highest BCUT2D eigenvalue weighted by molar-refractivity contribution is 7.89. The topological polar surface area (TPSA) is 116 Å². The lowest BCUT2D eigenvalue weighted by atomic mass is 9.97. The second-order valence-corrected chi connectivity index (χ2v) is 10.9. The van der Waals surface area contributed by atoms with Crippen LogP contribution in [0.1, 0.15) is 35.7 Å². The van der Waals surface area contributed by atoms with Crippen molar-refractivity contribution in [1.82, 2.24) is 14.9 Å². The van der Waals surface area contributed by atoms with Crippen LogP contribution >= 0.6 is 0 Å². The van der Waals surface area contributed by atoms with Gasteiger partial charge in [0.1, 0.15) is 0 Å². The fourth-order valence-electron chi connectivity index (χ4n) is 4.40. The van der Waals surface area contributed by atoms with Gasteiger partial charge in [-0.3, -0.25) is 14.4 Å². The monoisotopic (exact) mass is 498 g/mol. The van der Waals surface area contributed by atoms with Gasteiger partial charge in [-0.1, -0.05) is 24.3 Å². The first-order chi connectivity index (χ1) is 16.7. The van der Waals surface area contributed by atoms with E-state index in [0.29, 0.717) is 38.0 Å². The fraction of sp³-hybridized carbons (Fsp3) is 0.400. The van der Waals surface area contributed by atoms with Crippen molar-refractivity contribution in [3.05, 3.63) is 59.7 Å². The second-order valence-electron chi connectivity index (χ2n) is 8.92. The predicted molar refractivity (Wildman–Crippen MR) is 131 cm³/mol. The number of nitrogens with zero attached hydrogens (tertiary/aromatic N) is 2. The van der Waals surface area contributed by atoms with Crippen LogP contribution in [0.15, 0.2) is 53.4 Å². The number of nitrogens with one attached hydrogen (secondary N) is 2. The molecule has 9 nitrogen and oxygen atoms in total. The number of piperazine rings is 1. The van der Waals surface area contributed by atoms with E-state index in [0.717, 1.165) is 17.8 Å². The molecule has 0 spiro atoms. The summed E-state index contributed by atoms with van der Waals surface area (Å²) in [5.41, 5.74) is 2.28. The minimum absolute atomic E-state index is 0.0102. The molecule has 4 rings (SSSR count). The Hall–Kier alpha value is -3.24. The lowest BCUT2D eigenvalue weighted by Gasteiger charge is -2.30. The van der Waals surface area contributed by atoms with Gasteiger partial charge in [-0.15, -0.1) is 0 Å². The molecule has 0 aliphatic carbocycles. The molecule has 2 aliphatic heterocycles. The molecule has 186 valence electrons. The Kier molecular flexibility index (Phi) is 7.51. The molecule has 0 atom stereocenters. The Balaban J connectivity index is 1.28. The number of hydrogen-bond acceptors (Lipinski definition) is 6. The summed E-state index contributed by atoms with van der Waals surface area (Å²) in [5.74, 6) is -0.518. The number of Topliss-reactive ketones (excluding diaryl/α,β-unsaturated/α-hetero) is 1. The molecular formula is C25H30N4O5S. The Morgan fingerprint density at radius 1 is 1.06 bits per heavy atom. The zero-order chi connectivity index (χ0) is 25.0. The Morgan fingerprint density at radius 2 is 1.77 bits per heavy atom. The van der Waals surface area contributed by atoms with Gasteiger partial charge >= 0.3 is 0 Å². The molecule has 0 unspecified atom stereocenters. The van der Waals surface area contributed by atoms with Crippen molar-refractivity contribution in [2.75, 3.05) is 37.6 Å². The molecule has 2 aromatic carbocycles. The number of carbonyl (C=O) groups excluding carboxylic acids is 3. The van der Waals surface area contributed by atoms with Gasteiger partial charge < -0.3 is 15.5 Å². The Labute approximate surface area is 205 Å². The van der Waals surface area contributed by atoms with E-state index in [1.54, 1.807) is 12.1 Å². The molecular weight excluding hydrogens is 468 g/mol. The maximum atomic E-state index is 13.0. The molecule has 2 saturated heterocycles. The largest absolute Gasteiger partial charge is 0.360 e. The van der Waals surface area contributed by atoms with Crippen molar-refractivity contribution in [3.63, 3.8) is 0 Å². The lowest BCUT2D eigenvalue weighted by Crippen LogP contribution is -2.47. The summed E-state index contributed by atoms with van der Waals surface area (Å²) in [6, 6.07) is 13.8. The van der Waals surface area contributed by atoms with Crippen LogP contribution in [0.25, 0.3) is 0 Å². The summed E-state index contributed by atoms with van der Waals surface area (Å²) < 4.78 is 27.4. The summed E-state index contributed by atoms with van der Waals surface area (Å²) >= 11 is 0. The maximum Gasteiger partial charge on any atom is 0.243 e. The lowest BCUT2D eigenvalue weighted by molar-refractivity contribution is -0.126. The van der Waals surface area contributed by atoms with Crippen LogP contribution in [0.3, 0.4) is 0 Å². The highest BCUT2D eigenvalue weighted by Gasteiger charge is 2.32. The molecule has 2 aromatic rings. The van der Waals surface area contributed by atoms with Crippen LogP contribution in [-0.4, -0.2) is 63.0 Å². The minimum Gasteiger partial charge on any atom is -0.360 e. The second kappa shape index (κ2) is 10.6. The van der Waals surface area contributed by atoms with Crippen LogP contribution in [-0.2, 0) is 26.2 Å². The van der Waals surface area contributed by atoms with Crippen molar-refractivity contribution < 1.29 is 22.8 Å².